The SMILES string of the molecule is OCc1ccc(/C=C/c2cc(COC3CCCCO3)cc(COC3CCCCO3)c2)cc1. The van der Waals surface area contributed by atoms with Crippen LogP contribution in [0.25, 0.3) is 12.2 Å². The predicted octanol–water partition coefficient (Wildman–Crippen LogP) is 5.44. The Morgan fingerprint density at radius 1 is 0.719 bits per heavy atom. The lowest BCUT2D eigenvalue weighted by Crippen LogP contribution is -2.22. The molecule has 2 atom stereocenters. The fraction of sp³-hybridized carbons (Fsp3) is 0.481. The van der Waals surface area contributed by atoms with Crippen molar-refractivity contribution in [3.05, 3.63) is 70.3 Å². The first-order chi connectivity index (χ1) is 15.8. The molecule has 2 heterocycles. The third-order valence-corrected chi connectivity index (χ3v) is 5.85. The van der Waals surface area contributed by atoms with Gasteiger partial charge >= 0.3 is 0 Å². The highest BCUT2D eigenvalue weighted by molar-refractivity contribution is 5.70. The lowest BCUT2D eigenvalue weighted by atomic mass is 10.0. The van der Waals surface area contributed by atoms with Gasteiger partial charge in [0.25, 0.3) is 0 Å². The molecule has 4 rings (SSSR count). The summed E-state index contributed by atoms with van der Waals surface area (Å²) in [6, 6.07) is 14.4. The summed E-state index contributed by atoms with van der Waals surface area (Å²) in [5, 5.41) is 9.23. The van der Waals surface area contributed by atoms with Gasteiger partial charge in [0.1, 0.15) is 0 Å². The zero-order valence-corrected chi connectivity index (χ0v) is 18.7. The minimum absolute atomic E-state index is 0.0603. The zero-order valence-electron chi connectivity index (χ0n) is 18.7. The Hall–Kier alpha value is -2.02. The molecule has 5 heteroatoms. The number of hydrogen-bond acceptors (Lipinski definition) is 5. The van der Waals surface area contributed by atoms with Crippen molar-refractivity contribution in [1.29, 1.82) is 0 Å². The first-order valence-corrected chi connectivity index (χ1v) is 11.8. The second-order valence-electron chi connectivity index (χ2n) is 8.53. The summed E-state index contributed by atoms with van der Waals surface area (Å²) >= 11 is 0. The molecule has 1 N–H and O–H groups in total. The van der Waals surface area contributed by atoms with Crippen LogP contribution in [0.4, 0.5) is 0 Å². The largest absolute Gasteiger partial charge is 0.392 e. The molecule has 0 spiro atoms. The van der Waals surface area contributed by atoms with E-state index in [4.69, 9.17) is 18.9 Å². The Morgan fingerprint density at radius 2 is 1.28 bits per heavy atom. The van der Waals surface area contributed by atoms with Crippen LogP contribution < -0.4 is 0 Å². The van der Waals surface area contributed by atoms with E-state index in [0.29, 0.717) is 13.2 Å². The Balaban J connectivity index is 1.45. The van der Waals surface area contributed by atoms with Crippen LogP contribution >= 0.6 is 0 Å². The maximum atomic E-state index is 9.23. The van der Waals surface area contributed by atoms with Crippen LogP contribution in [0.2, 0.25) is 0 Å². The number of aliphatic hydroxyl groups is 1. The molecule has 2 aromatic carbocycles. The van der Waals surface area contributed by atoms with Gasteiger partial charge in [0.15, 0.2) is 12.6 Å². The van der Waals surface area contributed by atoms with Crippen LogP contribution in [-0.4, -0.2) is 30.9 Å². The summed E-state index contributed by atoms with van der Waals surface area (Å²) in [6.07, 6.45) is 10.4. The van der Waals surface area contributed by atoms with E-state index < -0.39 is 0 Å². The third-order valence-electron chi connectivity index (χ3n) is 5.85. The van der Waals surface area contributed by atoms with Crippen molar-refractivity contribution in [1.82, 2.24) is 0 Å². The highest BCUT2D eigenvalue weighted by atomic mass is 16.7. The highest BCUT2D eigenvalue weighted by Crippen LogP contribution is 2.21. The lowest BCUT2D eigenvalue weighted by Gasteiger charge is -2.23. The first-order valence-electron chi connectivity index (χ1n) is 11.8. The van der Waals surface area contributed by atoms with Crippen molar-refractivity contribution >= 4 is 12.2 Å². The zero-order chi connectivity index (χ0) is 22.0. The van der Waals surface area contributed by atoms with Crippen molar-refractivity contribution in [3.8, 4) is 0 Å². The van der Waals surface area contributed by atoms with Gasteiger partial charge in [-0.15, -0.1) is 0 Å². The van der Waals surface area contributed by atoms with Gasteiger partial charge in [-0.3, -0.25) is 0 Å². The Morgan fingerprint density at radius 3 is 1.78 bits per heavy atom. The summed E-state index contributed by atoms with van der Waals surface area (Å²) in [5.74, 6) is 0. The molecule has 0 aliphatic carbocycles. The van der Waals surface area contributed by atoms with Gasteiger partial charge < -0.3 is 24.1 Å². The minimum Gasteiger partial charge on any atom is -0.392 e. The van der Waals surface area contributed by atoms with Crippen LogP contribution in [-0.2, 0) is 38.8 Å². The molecule has 5 nitrogen and oxygen atoms in total. The summed E-state index contributed by atoms with van der Waals surface area (Å²) in [7, 11) is 0. The van der Waals surface area contributed by atoms with Crippen LogP contribution in [0.15, 0.2) is 42.5 Å². The number of rotatable bonds is 9. The molecule has 2 aliphatic heterocycles. The molecular formula is C27H34O5. The molecule has 172 valence electrons. The normalized spacial score (nSPS) is 21.8. The minimum atomic E-state index is -0.108. The maximum absolute atomic E-state index is 9.23. The average Bonchev–Trinajstić information content (AvgIpc) is 2.86. The molecule has 32 heavy (non-hydrogen) atoms. The topological polar surface area (TPSA) is 57.2 Å². The van der Waals surface area contributed by atoms with Crippen molar-refractivity contribution in [2.24, 2.45) is 0 Å². The van der Waals surface area contributed by atoms with Gasteiger partial charge in [0.2, 0.25) is 0 Å². The summed E-state index contributed by atoms with van der Waals surface area (Å²) in [5.41, 5.74) is 5.33. The molecule has 0 radical (unpaired) electrons. The Bertz CT molecular complexity index is 809. The number of aliphatic hydroxyl groups excluding tert-OH is 1. The van der Waals surface area contributed by atoms with Gasteiger partial charge in [-0.05, 0) is 78.5 Å². The van der Waals surface area contributed by atoms with E-state index in [1.54, 1.807) is 0 Å². The van der Waals surface area contributed by atoms with E-state index in [-0.39, 0.29) is 19.2 Å². The van der Waals surface area contributed by atoms with Crippen molar-refractivity contribution in [2.75, 3.05) is 13.2 Å². The second kappa shape index (κ2) is 12.3. The fourth-order valence-corrected chi connectivity index (χ4v) is 4.04. The van der Waals surface area contributed by atoms with Crippen LogP contribution in [0.5, 0.6) is 0 Å². The van der Waals surface area contributed by atoms with Gasteiger partial charge in [0, 0.05) is 13.2 Å². The average molecular weight is 439 g/mol. The van der Waals surface area contributed by atoms with E-state index in [9.17, 15) is 5.11 Å². The molecule has 0 amide bonds. The number of hydrogen-bond donors (Lipinski definition) is 1. The summed E-state index contributed by atoms with van der Waals surface area (Å²) in [4.78, 5) is 0. The van der Waals surface area contributed by atoms with Gasteiger partial charge in [-0.1, -0.05) is 42.5 Å². The van der Waals surface area contributed by atoms with E-state index in [1.807, 2.05) is 24.3 Å². The predicted molar refractivity (Wildman–Crippen MR) is 124 cm³/mol. The number of ether oxygens (including phenoxy) is 4. The van der Waals surface area contributed by atoms with Gasteiger partial charge in [-0.25, -0.2) is 0 Å². The van der Waals surface area contributed by atoms with Crippen LogP contribution in [0.3, 0.4) is 0 Å². The summed E-state index contributed by atoms with van der Waals surface area (Å²) < 4.78 is 23.5. The standard InChI is InChI=1S/C27H34O5/c28-18-22-10-7-21(8-11-22)9-12-23-15-24(19-31-26-5-1-3-13-29-26)17-25(16-23)20-32-27-6-2-4-14-30-27/h7-12,15-17,26-28H,1-6,13-14,18-20H2/b12-9+. The van der Waals surface area contributed by atoms with E-state index in [1.165, 1.54) is 0 Å². The van der Waals surface area contributed by atoms with Gasteiger partial charge in [0.05, 0.1) is 19.8 Å². The smallest absolute Gasteiger partial charge is 0.158 e. The van der Waals surface area contributed by atoms with Gasteiger partial charge in [-0.2, -0.15) is 0 Å². The van der Waals surface area contributed by atoms with E-state index in [0.717, 1.165) is 79.6 Å². The molecule has 2 aromatic rings. The molecule has 0 bridgehead atoms. The maximum Gasteiger partial charge on any atom is 0.158 e. The van der Waals surface area contributed by atoms with Crippen molar-refractivity contribution < 1.29 is 24.1 Å². The first kappa shape index (κ1) is 23.1. The fourth-order valence-electron chi connectivity index (χ4n) is 4.04. The van der Waals surface area contributed by atoms with Crippen LogP contribution in [0.1, 0.15) is 66.3 Å². The Labute approximate surface area is 191 Å². The molecule has 2 aliphatic rings. The van der Waals surface area contributed by atoms with Crippen LogP contribution in [0, 0.1) is 0 Å². The lowest BCUT2D eigenvalue weighted by molar-refractivity contribution is -0.169. The molecule has 0 saturated carbocycles. The summed E-state index contributed by atoms with van der Waals surface area (Å²) in [6.45, 7) is 2.66. The van der Waals surface area contributed by atoms with Crippen molar-refractivity contribution in [2.45, 2.75) is 70.9 Å². The quantitative estimate of drug-likeness (QED) is 0.529. The monoisotopic (exact) mass is 438 g/mol. The highest BCUT2D eigenvalue weighted by Gasteiger charge is 2.16. The second-order valence-corrected chi connectivity index (χ2v) is 8.53. The molecule has 2 unspecified atom stereocenters. The number of benzene rings is 2. The van der Waals surface area contributed by atoms with E-state index >= 15 is 0 Å². The third kappa shape index (κ3) is 7.26. The van der Waals surface area contributed by atoms with E-state index in [2.05, 4.69) is 30.4 Å². The molecule has 2 saturated heterocycles. The van der Waals surface area contributed by atoms with Crippen molar-refractivity contribution in [3.63, 3.8) is 0 Å². The molecule has 2 fully saturated rings. The molecular weight excluding hydrogens is 404 g/mol. The molecule has 0 aromatic heterocycles. The Kier molecular flexibility index (Phi) is 8.88.